The molecule has 1 aromatic carbocycles. The first-order valence-electron chi connectivity index (χ1n) is 10.2. The number of allylic oxidation sites excluding steroid dienone is 3. The lowest BCUT2D eigenvalue weighted by Gasteiger charge is -2.34. The Bertz CT molecular complexity index is 840. The van der Waals surface area contributed by atoms with Crippen LogP contribution in [0.15, 0.2) is 46.8 Å². The highest BCUT2D eigenvalue weighted by atomic mass is 32.2. The van der Waals surface area contributed by atoms with Gasteiger partial charge in [0.15, 0.2) is 5.78 Å². The van der Waals surface area contributed by atoms with Gasteiger partial charge in [0.2, 0.25) is 0 Å². The van der Waals surface area contributed by atoms with Crippen molar-refractivity contribution in [2.75, 3.05) is 37.1 Å². The quantitative estimate of drug-likeness (QED) is 0.537. The van der Waals surface area contributed by atoms with E-state index in [0.717, 1.165) is 52.6 Å². The Morgan fingerprint density at radius 2 is 1.97 bits per heavy atom. The molecule has 0 spiro atoms. The Balaban J connectivity index is 1.98. The number of hydrogen-bond acceptors (Lipinski definition) is 6. The number of rotatable bonds is 7. The van der Waals surface area contributed by atoms with Crippen molar-refractivity contribution in [3.8, 4) is 0 Å². The molecule has 5 nitrogen and oxygen atoms in total. The van der Waals surface area contributed by atoms with E-state index in [-0.39, 0.29) is 17.7 Å². The number of nitrogens with zero attached hydrogens (tertiary/aromatic N) is 1. The molecule has 0 aromatic heterocycles. The first-order valence-corrected chi connectivity index (χ1v) is 11.4. The molecule has 2 aliphatic rings. The summed E-state index contributed by atoms with van der Waals surface area (Å²) in [4.78, 5) is 27.9. The van der Waals surface area contributed by atoms with Crippen LogP contribution in [0.25, 0.3) is 0 Å². The molecule has 1 atom stereocenters. The fourth-order valence-corrected chi connectivity index (χ4v) is 4.46. The van der Waals surface area contributed by atoms with Crippen LogP contribution in [0.2, 0.25) is 0 Å². The Labute approximate surface area is 177 Å². The number of ketones is 1. The molecule has 6 heteroatoms. The van der Waals surface area contributed by atoms with Gasteiger partial charge in [-0.2, -0.15) is 11.8 Å². The highest BCUT2D eigenvalue weighted by molar-refractivity contribution is 7.99. The number of anilines is 1. The molecule has 1 aliphatic carbocycles. The van der Waals surface area contributed by atoms with Crippen molar-refractivity contribution >= 4 is 29.2 Å². The van der Waals surface area contributed by atoms with Crippen LogP contribution in [0.3, 0.4) is 0 Å². The molecule has 1 aromatic rings. The molecule has 0 unspecified atom stereocenters. The summed E-state index contributed by atoms with van der Waals surface area (Å²) < 4.78 is 5.58. The van der Waals surface area contributed by atoms with Crippen molar-refractivity contribution in [2.24, 2.45) is 0 Å². The van der Waals surface area contributed by atoms with E-state index in [9.17, 15) is 9.59 Å². The fraction of sp³-hybridized carbons (Fsp3) is 0.478. The maximum atomic E-state index is 13.0. The second kappa shape index (κ2) is 9.53. The lowest BCUT2D eigenvalue weighted by molar-refractivity contribution is -0.138. The van der Waals surface area contributed by atoms with Crippen molar-refractivity contribution in [1.82, 2.24) is 5.32 Å². The molecule has 29 heavy (non-hydrogen) atoms. The minimum absolute atomic E-state index is 0.125. The zero-order chi connectivity index (χ0) is 21.0. The van der Waals surface area contributed by atoms with Gasteiger partial charge in [-0.15, -0.1) is 0 Å². The van der Waals surface area contributed by atoms with E-state index in [1.54, 1.807) is 11.8 Å². The van der Waals surface area contributed by atoms with E-state index in [1.165, 1.54) is 0 Å². The topological polar surface area (TPSA) is 58.6 Å². The summed E-state index contributed by atoms with van der Waals surface area (Å²) in [5.74, 6) is 1.18. The predicted octanol–water partition coefficient (Wildman–Crippen LogP) is 4.02. The first kappa shape index (κ1) is 21.5. The van der Waals surface area contributed by atoms with Crippen LogP contribution in [0.5, 0.6) is 0 Å². The van der Waals surface area contributed by atoms with Gasteiger partial charge in [-0.05, 0) is 43.2 Å². The maximum absolute atomic E-state index is 13.0. The van der Waals surface area contributed by atoms with Crippen LogP contribution in [-0.4, -0.2) is 44.0 Å². The zero-order valence-corrected chi connectivity index (χ0v) is 18.5. The first-order chi connectivity index (χ1) is 13.9. The van der Waals surface area contributed by atoms with Gasteiger partial charge in [0, 0.05) is 54.8 Å². The van der Waals surface area contributed by atoms with E-state index < -0.39 is 0 Å². The molecular weight excluding hydrogens is 384 g/mol. The zero-order valence-electron chi connectivity index (χ0n) is 17.7. The van der Waals surface area contributed by atoms with E-state index in [1.807, 2.05) is 50.2 Å². The SMILES string of the molecule is CCSCCOC(=O)C1=C(C)NC2=C(C(=O)CCC2)[C@@H]1c1ccc(N(C)C)cc1. The number of hydrogen-bond donors (Lipinski definition) is 1. The molecule has 0 saturated heterocycles. The number of nitrogens with one attached hydrogen (secondary N) is 1. The van der Waals surface area contributed by atoms with Crippen LogP contribution < -0.4 is 10.2 Å². The van der Waals surface area contributed by atoms with Crippen LogP contribution in [-0.2, 0) is 14.3 Å². The van der Waals surface area contributed by atoms with Crippen LogP contribution >= 0.6 is 11.8 Å². The van der Waals surface area contributed by atoms with Crippen molar-refractivity contribution in [3.05, 3.63) is 52.4 Å². The largest absolute Gasteiger partial charge is 0.461 e. The summed E-state index contributed by atoms with van der Waals surface area (Å²) in [6, 6.07) is 8.10. The van der Waals surface area contributed by atoms with Crippen molar-refractivity contribution in [1.29, 1.82) is 0 Å². The minimum atomic E-state index is -0.374. The second-order valence-electron chi connectivity index (χ2n) is 7.58. The summed E-state index contributed by atoms with van der Waals surface area (Å²) in [7, 11) is 3.98. The molecule has 1 N–H and O–H groups in total. The van der Waals surface area contributed by atoms with E-state index >= 15 is 0 Å². The third kappa shape index (κ3) is 4.69. The lowest BCUT2D eigenvalue weighted by Crippen LogP contribution is -2.34. The normalized spacial score (nSPS) is 19.0. The summed E-state index contributed by atoms with van der Waals surface area (Å²) in [5.41, 5.74) is 5.06. The number of carbonyl (C=O) groups excluding carboxylic acids is 2. The van der Waals surface area contributed by atoms with Gasteiger partial charge in [0.1, 0.15) is 6.61 Å². The number of ether oxygens (including phenoxy) is 1. The Kier molecular flexibility index (Phi) is 7.06. The highest BCUT2D eigenvalue weighted by Gasteiger charge is 2.39. The average Bonchev–Trinajstić information content (AvgIpc) is 2.70. The molecule has 1 aliphatic heterocycles. The molecule has 0 saturated carbocycles. The molecule has 1 heterocycles. The Morgan fingerprint density at radius 1 is 1.24 bits per heavy atom. The van der Waals surface area contributed by atoms with E-state index in [4.69, 9.17) is 4.74 Å². The van der Waals surface area contributed by atoms with Crippen molar-refractivity contribution in [2.45, 2.75) is 39.0 Å². The van der Waals surface area contributed by atoms with Gasteiger partial charge in [-0.3, -0.25) is 4.79 Å². The number of carbonyl (C=O) groups is 2. The Hall–Kier alpha value is -2.21. The van der Waals surface area contributed by atoms with Crippen LogP contribution in [0.1, 0.15) is 44.6 Å². The summed E-state index contributed by atoms with van der Waals surface area (Å²) in [6.45, 7) is 4.36. The van der Waals surface area contributed by atoms with Gasteiger partial charge >= 0.3 is 5.97 Å². The molecule has 0 radical (unpaired) electrons. The molecule has 3 rings (SSSR count). The van der Waals surface area contributed by atoms with Gasteiger partial charge in [0.05, 0.1) is 5.57 Å². The minimum Gasteiger partial charge on any atom is -0.461 e. The van der Waals surface area contributed by atoms with Gasteiger partial charge in [-0.1, -0.05) is 19.1 Å². The van der Waals surface area contributed by atoms with E-state index in [0.29, 0.717) is 18.6 Å². The van der Waals surface area contributed by atoms with Gasteiger partial charge in [0.25, 0.3) is 0 Å². The van der Waals surface area contributed by atoms with E-state index in [2.05, 4.69) is 12.2 Å². The Morgan fingerprint density at radius 3 is 2.62 bits per heavy atom. The monoisotopic (exact) mass is 414 g/mol. The highest BCUT2D eigenvalue weighted by Crippen LogP contribution is 2.42. The van der Waals surface area contributed by atoms with Crippen LogP contribution in [0.4, 0.5) is 5.69 Å². The second-order valence-corrected chi connectivity index (χ2v) is 8.98. The number of dihydropyridines is 1. The van der Waals surface area contributed by atoms with Gasteiger partial charge in [-0.25, -0.2) is 4.79 Å². The number of Topliss-reactive ketones (excluding diaryl/α,β-unsaturated/α-hetero) is 1. The predicted molar refractivity (Wildman–Crippen MR) is 119 cm³/mol. The van der Waals surface area contributed by atoms with Crippen molar-refractivity contribution in [3.63, 3.8) is 0 Å². The third-order valence-corrected chi connectivity index (χ3v) is 6.27. The molecular formula is C23H30N2O3S. The van der Waals surface area contributed by atoms with Crippen LogP contribution in [0, 0.1) is 0 Å². The summed E-state index contributed by atoms with van der Waals surface area (Å²) in [6.07, 6.45) is 2.21. The maximum Gasteiger partial charge on any atom is 0.336 e. The van der Waals surface area contributed by atoms with Gasteiger partial charge < -0.3 is 15.0 Å². The third-order valence-electron chi connectivity index (χ3n) is 5.40. The number of thioether (sulfide) groups is 1. The molecule has 156 valence electrons. The smallest absolute Gasteiger partial charge is 0.336 e. The van der Waals surface area contributed by atoms with Crippen molar-refractivity contribution < 1.29 is 14.3 Å². The standard InChI is InChI=1S/C23H30N2O3S/c1-5-29-14-13-28-23(27)20-15(2)24-18-7-6-8-19(26)22(18)21(20)16-9-11-17(12-10-16)25(3)4/h9-12,21,24H,5-8,13-14H2,1-4H3/t21-/m1/s1. The molecule has 0 bridgehead atoms. The average molecular weight is 415 g/mol. The molecule has 0 fully saturated rings. The fourth-order valence-electron chi connectivity index (χ4n) is 3.97. The summed E-state index contributed by atoms with van der Waals surface area (Å²) in [5, 5.41) is 3.33. The lowest BCUT2D eigenvalue weighted by atomic mass is 9.75. The molecule has 0 amide bonds. The summed E-state index contributed by atoms with van der Waals surface area (Å²) >= 11 is 1.74. The number of benzene rings is 1. The number of esters is 1.